The number of hydrazone groups is 1. The summed E-state index contributed by atoms with van der Waals surface area (Å²) in [5.74, 6) is 0.0883. The SMILES string of the molecule is Cc1csc(C(Cc2ccnc3ccccc23)=NN2CCCC2=O)n1. The highest BCUT2D eigenvalue weighted by Gasteiger charge is 2.22. The Balaban J connectivity index is 1.75. The van der Waals surface area contributed by atoms with E-state index in [4.69, 9.17) is 0 Å². The number of fused-ring (bicyclic) bond motifs is 1. The molecule has 0 N–H and O–H groups in total. The number of benzene rings is 1. The molecule has 126 valence electrons. The van der Waals surface area contributed by atoms with Gasteiger partial charge in [0.25, 0.3) is 0 Å². The molecule has 0 radical (unpaired) electrons. The lowest BCUT2D eigenvalue weighted by Crippen LogP contribution is -2.21. The highest BCUT2D eigenvalue weighted by Crippen LogP contribution is 2.21. The number of thiazole rings is 1. The van der Waals surface area contributed by atoms with Crippen LogP contribution >= 0.6 is 11.3 Å². The van der Waals surface area contributed by atoms with Crippen LogP contribution in [0.1, 0.15) is 29.1 Å². The summed E-state index contributed by atoms with van der Waals surface area (Å²) in [5.41, 5.74) is 3.92. The molecule has 0 saturated carbocycles. The Morgan fingerprint density at radius 2 is 2.20 bits per heavy atom. The van der Waals surface area contributed by atoms with Crippen LogP contribution in [0.25, 0.3) is 10.9 Å². The average molecular weight is 350 g/mol. The predicted molar refractivity (Wildman–Crippen MR) is 99.8 cm³/mol. The minimum absolute atomic E-state index is 0.0883. The number of carbonyl (C=O) groups excluding carboxylic acids is 1. The summed E-state index contributed by atoms with van der Waals surface area (Å²) in [4.78, 5) is 21.0. The molecule has 4 rings (SSSR count). The van der Waals surface area contributed by atoms with Crippen LogP contribution < -0.4 is 0 Å². The summed E-state index contributed by atoms with van der Waals surface area (Å²) in [6.07, 6.45) is 3.89. The zero-order chi connectivity index (χ0) is 17.2. The van der Waals surface area contributed by atoms with Crippen molar-refractivity contribution in [2.75, 3.05) is 6.54 Å². The lowest BCUT2D eigenvalue weighted by Gasteiger charge is -2.12. The van der Waals surface area contributed by atoms with Crippen LogP contribution in [0, 0.1) is 6.92 Å². The van der Waals surface area contributed by atoms with E-state index in [2.05, 4.69) is 21.1 Å². The number of aryl methyl sites for hydroxylation is 1. The fourth-order valence-electron chi connectivity index (χ4n) is 3.02. The molecule has 2 aromatic heterocycles. The van der Waals surface area contributed by atoms with Gasteiger partial charge in [-0.05, 0) is 31.0 Å². The van der Waals surface area contributed by atoms with Gasteiger partial charge in [-0.2, -0.15) is 5.10 Å². The molecule has 25 heavy (non-hydrogen) atoms. The van der Waals surface area contributed by atoms with Gasteiger partial charge in [-0.15, -0.1) is 11.3 Å². The van der Waals surface area contributed by atoms with E-state index in [1.807, 2.05) is 42.8 Å². The molecule has 0 bridgehead atoms. The first-order chi connectivity index (χ1) is 12.2. The second kappa shape index (κ2) is 6.72. The third-order valence-corrected chi connectivity index (χ3v) is 5.26. The molecule has 5 nitrogen and oxygen atoms in total. The van der Waals surface area contributed by atoms with Crippen molar-refractivity contribution in [3.05, 3.63) is 58.2 Å². The fraction of sp³-hybridized carbons (Fsp3) is 0.263. The van der Waals surface area contributed by atoms with E-state index in [-0.39, 0.29) is 5.91 Å². The standard InChI is InChI=1S/C19H18N4OS/c1-13-12-25-19(21-13)17(22-23-10-4-7-18(23)24)11-14-8-9-20-16-6-3-2-5-15(14)16/h2-3,5-6,8-9,12H,4,7,10-11H2,1H3. The molecular weight excluding hydrogens is 332 g/mol. The van der Waals surface area contributed by atoms with E-state index in [1.54, 1.807) is 16.3 Å². The maximum absolute atomic E-state index is 12.0. The Morgan fingerprint density at radius 1 is 1.32 bits per heavy atom. The number of nitrogens with zero attached hydrogens (tertiary/aromatic N) is 4. The van der Waals surface area contributed by atoms with Crippen molar-refractivity contribution < 1.29 is 4.79 Å². The molecule has 0 atom stereocenters. The van der Waals surface area contributed by atoms with Crippen molar-refractivity contribution in [2.24, 2.45) is 5.10 Å². The van der Waals surface area contributed by atoms with E-state index in [0.717, 1.165) is 39.3 Å². The first kappa shape index (κ1) is 15.9. The van der Waals surface area contributed by atoms with Crippen LogP contribution in [0.5, 0.6) is 0 Å². The zero-order valence-corrected chi connectivity index (χ0v) is 14.8. The minimum Gasteiger partial charge on any atom is -0.273 e. The molecule has 0 spiro atoms. The molecule has 3 heterocycles. The number of rotatable bonds is 4. The molecule has 1 amide bonds. The number of aromatic nitrogens is 2. The van der Waals surface area contributed by atoms with E-state index in [0.29, 0.717) is 19.4 Å². The second-order valence-corrected chi connectivity index (χ2v) is 6.98. The number of amides is 1. The third kappa shape index (κ3) is 3.30. The van der Waals surface area contributed by atoms with Gasteiger partial charge in [-0.25, -0.2) is 9.99 Å². The molecular formula is C19H18N4OS. The Labute approximate surface area is 150 Å². The molecule has 1 aromatic carbocycles. The predicted octanol–water partition coefficient (Wildman–Crippen LogP) is 3.57. The zero-order valence-electron chi connectivity index (χ0n) is 14.0. The summed E-state index contributed by atoms with van der Waals surface area (Å²) < 4.78 is 0. The smallest absolute Gasteiger partial charge is 0.242 e. The van der Waals surface area contributed by atoms with Crippen LogP contribution in [-0.2, 0) is 11.2 Å². The van der Waals surface area contributed by atoms with Crippen molar-refractivity contribution in [3.63, 3.8) is 0 Å². The van der Waals surface area contributed by atoms with Crippen molar-refractivity contribution in [1.29, 1.82) is 0 Å². The van der Waals surface area contributed by atoms with Crippen LogP contribution in [-0.4, -0.2) is 33.1 Å². The Hall–Kier alpha value is -2.60. The number of hydrogen-bond acceptors (Lipinski definition) is 5. The van der Waals surface area contributed by atoms with E-state index >= 15 is 0 Å². The van der Waals surface area contributed by atoms with Crippen molar-refractivity contribution in [3.8, 4) is 0 Å². The van der Waals surface area contributed by atoms with Crippen molar-refractivity contribution >= 4 is 33.9 Å². The van der Waals surface area contributed by atoms with Gasteiger partial charge < -0.3 is 0 Å². The van der Waals surface area contributed by atoms with Gasteiger partial charge in [0.2, 0.25) is 5.91 Å². The normalized spacial score (nSPS) is 15.3. The fourth-order valence-corrected chi connectivity index (χ4v) is 3.80. The Bertz CT molecular complexity index is 957. The van der Waals surface area contributed by atoms with E-state index < -0.39 is 0 Å². The monoisotopic (exact) mass is 350 g/mol. The van der Waals surface area contributed by atoms with Crippen LogP contribution in [0.2, 0.25) is 0 Å². The van der Waals surface area contributed by atoms with Gasteiger partial charge in [-0.3, -0.25) is 9.78 Å². The number of para-hydroxylation sites is 1. The summed E-state index contributed by atoms with van der Waals surface area (Å²) >= 11 is 1.57. The Kier molecular flexibility index (Phi) is 4.28. The van der Waals surface area contributed by atoms with Gasteiger partial charge in [0.1, 0.15) is 10.7 Å². The molecule has 1 fully saturated rings. The molecule has 6 heteroatoms. The van der Waals surface area contributed by atoms with Crippen LogP contribution in [0.4, 0.5) is 0 Å². The summed E-state index contributed by atoms with van der Waals surface area (Å²) in [6, 6.07) is 10.1. The largest absolute Gasteiger partial charge is 0.273 e. The quantitative estimate of drug-likeness (QED) is 0.676. The first-order valence-corrected chi connectivity index (χ1v) is 9.21. The first-order valence-electron chi connectivity index (χ1n) is 8.34. The van der Waals surface area contributed by atoms with Crippen LogP contribution in [0.3, 0.4) is 0 Å². The summed E-state index contributed by atoms with van der Waals surface area (Å²) in [6.45, 7) is 2.66. The van der Waals surface area contributed by atoms with Crippen LogP contribution in [0.15, 0.2) is 47.0 Å². The molecule has 3 aromatic rings. The topological polar surface area (TPSA) is 58.5 Å². The average Bonchev–Trinajstić information content (AvgIpc) is 3.23. The van der Waals surface area contributed by atoms with Crippen molar-refractivity contribution in [2.45, 2.75) is 26.2 Å². The summed E-state index contributed by atoms with van der Waals surface area (Å²) in [5, 5.41) is 10.3. The summed E-state index contributed by atoms with van der Waals surface area (Å²) in [7, 11) is 0. The molecule has 1 aliphatic heterocycles. The van der Waals surface area contributed by atoms with Gasteiger partial charge >= 0.3 is 0 Å². The highest BCUT2D eigenvalue weighted by molar-refractivity contribution is 7.11. The lowest BCUT2D eigenvalue weighted by atomic mass is 10.0. The molecule has 1 aliphatic rings. The number of hydrogen-bond donors (Lipinski definition) is 0. The minimum atomic E-state index is 0.0883. The molecule has 0 aliphatic carbocycles. The van der Waals surface area contributed by atoms with Crippen molar-refractivity contribution in [1.82, 2.24) is 15.0 Å². The highest BCUT2D eigenvalue weighted by atomic mass is 32.1. The van der Waals surface area contributed by atoms with Gasteiger partial charge in [0.05, 0.1) is 5.52 Å². The molecule has 1 saturated heterocycles. The van der Waals surface area contributed by atoms with Gasteiger partial charge in [0, 0.05) is 42.0 Å². The van der Waals surface area contributed by atoms with E-state index in [9.17, 15) is 4.79 Å². The maximum Gasteiger partial charge on any atom is 0.242 e. The maximum atomic E-state index is 12.0. The Morgan fingerprint density at radius 3 is 2.96 bits per heavy atom. The van der Waals surface area contributed by atoms with Gasteiger partial charge in [-0.1, -0.05) is 18.2 Å². The number of carbonyl (C=O) groups is 1. The van der Waals surface area contributed by atoms with E-state index in [1.165, 1.54) is 0 Å². The van der Waals surface area contributed by atoms with Gasteiger partial charge in [0.15, 0.2) is 0 Å². The third-order valence-electron chi connectivity index (χ3n) is 4.25. The second-order valence-electron chi connectivity index (χ2n) is 6.13. The number of pyridine rings is 1. The molecule has 0 unspecified atom stereocenters. The lowest BCUT2D eigenvalue weighted by molar-refractivity contribution is -0.127.